The Bertz CT molecular complexity index is 1230. The maximum absolute atomic E-state index is 13.1. The van der Waals surface area contributed by atoms with E-state index in [9.17, 15) is 4.79 Å². The molecule has 0 saturated heterocycles. The number of carbonyl (C=O) groups is 1. The summed E-state index contributed by atoms with van der Waals surface area (Å²) in [6.07, 6.45) is 11.6. The third-order valence-electron chi connectivity index (χ3n) is 5.46. The maximum Gasteiger partial charge on any atom is 0.335 e. The van der Waals surface area contributed by atoms with Crippen molar-refractivity contribution in [3.8, 4) is 0 Å². The molecule has 0 spiro atoms. The fourth-order valence-corrected chi connectivity index (χ4v) is 4.83. The van der Waals surface area contributed by atoms with Crippen molar-refractivity contribution in [2.75, 3.05) is 0 Å². The van der Waals surface area contributed by atoms with Gasteiger partial charge in [0, 0.05) is 27.7 Å². The van der Waals surface area contributed by atoms with Gasteiger partial charge in [0.2, 0.25) is 5.90 Å². The second-order valence-corrected chi connectivity index (χ2v) is 9.12. The summed E-state index contributed by atoms with van der Waals surface area (Å²) < 4.78 is 11.9. The number of allylic oxidation sites excluding steroid dienone is 4. The van der Waals surface area contributed by atoms with E-state index < -0.39 is 12.1 Å². The molecule has 2 aliphatic rings. The molecule has 170 valence electrons. The van der Waals surface area contributed by atoms with E-state index in [2.05, 4.69) is 16.0 Å². The molecule has 0 amide bonds. The first-order chi connectivity index (χ1) is 16.8. The summed E-state index contributed by atoms with van der Waals surface area (Å²) in [7, 11) is 0. The Morgan fingerprint density at radius 2 is 1.62 bits per heavy atom. The van der Waals surface area contributed by atoms with Crippen LogP contribution in [0.5, 0.6) is 0 Å². The van der Waals surface area contributed by atoms with Gasteiger partial charge >= 0.3 is 5.97 Å². The van der Waals surface area contributed by atoms with E-state index in [0.717, 1.165) is 22.5 Å². The van der Waals surface area contributed by atoms with Crippen molar-refractivity contribution in [1.29, 1.82) is 0 Å². The highest BCUT2D eigenvalue weighted by molar-refractivity contribution is 7.12. The van der Waals surface area contributed by atoms with E-state index in [4.69, 9.17) is 9.47 Å². The number of aliphatic imine (C=N–C) groups is 1. The highest BCUT2D eigenvalue weighted by Crippen LogP contribution is 2.36. The number of thiophene rings is 1. The van der Waals surface area contributed by atoms with Gasteiger partial charge in [0.1, 0.15) is 6.61 Å². The zero-order chi connectivity index (χ0) is 23.2. The van der Waals surface area contributed by atoms with Crippen molar-refractivity contribution >= 4 is 23.2 Å². The van der Waals surface area contributed by atoms with Gasteiger partial charge in [-0.3, -0.25) is 0 Å². The Morgan fingerprint density at radius 3 is 2.35 bits per heavy atom. The molecule has 0 aliphatic carbocycles. The zero-order valence-electron chi connectivity index (χ0n) is 18.5. The fraction of sp³-hybridized carbons (Fsp3) is 0.143. The van der Waals surface area contributed by atoms with E-state index in [0.29, 0.717) is 5.90 Å². The molecular formula is C28H24N2O3S. The van der Waals surface area contributed by atoms with Crippen LogP contribution in [0.3, 0.4) is 0 Å². The lowest BCUT2D eigenvalue weighted by Gasteiger charge is -2.16. The Balaban J connectivity index is 1.35. The highest BCUT2D eigenvalue weighted by Gasteiger charge is 2.40. The van der Waals surface area contributed by atoms with Crippen LogP contribution >= 0.6 is 11.3 Å². The van der Waals surface area contributed by atoms with Gasteiger partial charge in [0.05, 0.1) is 6.54 Å². The van der Waals surface area contributed by atoms with Crippen LogP contribution in [0.4, 0.5) is 0 Å². The quantitative estimate of drug-likeness (QED) is 0.413. The standard InChI is InChI=1S/C28H24N2O3S/c31-28(32-20-21-11-5-3-6-12-21)25-26(33-27(29-25)22-13-7-4-8-14-22)24-16-15-23(34-24)19-30-17-9-1-2-10-18-30/h1-18,25-26H,19-20H2. The predicted octanol–water partition coefficient (Wildman–Crippen LogP) is 5.78. The largest absolute Gasteiger partial charge is 0.465 e. The smallest absolute Gasteiger partial charge is 0.335 e. The summed E-state index contributed by atoms with van der Waals surface area (Å²) >= 11 is 1.63. The third kappa shape index (κ3) is 5.18. The van der Waals surface area contributed by atoms with Crippen molar-refractivity contribution in [3.63, 3.8) is 0 Å². The Morgan fingerprint density at radius 1 is 0.912 bits per heavy atom. The first-order valence-electron chi connectivity index (χ1n) is 11.1. The van der Waals surface area contributed by atoms with E-state index >= 15 is 0 Å². The minimum Gasteiger partial charge on any atom is -0.465 e. The summed E-state index contributed by atoms with van der Waals surface area (Å²) in [6.45, 7) is 0.942. The molecule has 5 nitrogen and oxygen atoms in total. The molecule has 2 unspecified atom stereocenters. The second kappa shape index (κ2) is 10.4. The van der Waals surface area contributed by atoms with Crippen LogP contribution in [0.1, 0.15) is 27.0 Å². The van der Waals surface area contributed by atoms with Crippen molar-refractivity contribution in [2.24, 2.45) is 4.99 Å². The number of rotatable bonds is 7. The fourth-order valence-electron chi connectivity index (χ4n) is 3.75. The first-order valence-corrected chi connectivity index (χ1v) is 11.9. The van der Waals surface area contributed by atoms with E-state index in [1.165, 1.54) is 4.88 Å². The predicted molar refractivity (Wildman–Crippen MR) is 134 cm³/mol. The van der Waals surface area contributed by atoms with Crippen molar-refractivity contribution in [2.45, 2.75) is 25.3 Å². The number of benzene rings is 2. The van der Waals surface area contributed by atoms with Gasteiger partial charge in [0.15, 0.2) is 12.1 Å². The number of ether oxygens (including phenoxy) is 2. The first kappa shape index (κ1) is 21.9. The average Bonchev–Trinajstić information content (AvgIpc) is 3.45. The molecule has 1 aromatic heterocycles. The van der Waals surface area contributed by atoms with Gasteiger partial charge in [0.25, 0.3) is 0 Å². The van der Waals surface area contributed by atoms with Crippen molar-refractivity contribution in [3.05, 3.63) is 130 Å². The summed E-state index contributed by atoms with van der Waals surface area (Å²) in [6, 6.07) is 22.7. The minimum absolute atomic E-state index is 0.205. The highest BCUT2D eigenvalue weighted by atomic mass is 32.1. The molecule has 34 heavy (non-hydrogen) atoms. The topological polar surface area (TPSA) is 51.1 Å². The van der Waals surface area contributed by atoms with E-state index in [-0.39, 0.29) is 12.6 Å². The summed E-state index contributed by atoms with van der Waals surface area (Å²) in [4.78, 5) is 22.0. The van der Waals surface area contributed by atoms with Crippen LogP contribution in [0, 0.1) is 0 Å². The van der Waals surface area contributed by atoms with Crippen LogP contribution in [0.25, 0.3) is 0 Å². The number of carbonyl (C=O) groups excluding carboxylic acids is 1. The molecule has 6 heteroatoms. The van der Waals surface area contributed by atoms with Gasteiger partial charge in [-0.25, -0.2) is 9.79 Å². The second-order valence-electron chi connectivity index (χ2n) is 7.92. The molecule has 5 rings (SSSR count). The molecular weight excluding hydrogens is 444 g/mol. The van der Waals surface area contributed by atoms with Crippen molar-refractivity contribution in [1.82, 2.24) is 4.90 Å². The molecule has 0 radical (unpaired) electrons. The molecule has 0 bridgehead atoms. The van der Waals surface area contributed by atoms with Gasteiger partial charge < -0.3 is 14.4 Å². The van der Waals surface area contributed by atoms with E-state index in [1.54, 1.807) is 11.3 Å². The Kier molecular flexibility index (Phi) is 6.68. The molecule has 2 atom stereocenters. The molecule has 0 N–H and O–H groups in total. The summed E-state index contributed by atoms with van der Waals surface area (Å²) in [5.74, 6) is 0.0749. The Labute approximate surface area is 203 Å². The SMILES string of the molecule is O=C(OCc1ccccc1)C1N=C(c2ccccc2)OC1c1ccc(CN2C=CC=CC=C2)s1. The molecule has 2 aromatic carbocycles. The van der Waals surface area contributed by atoms with Crippen LogP contribution in [0.2, 0.25) is 0 Å². The Hall–Kier alpha value is -3.90. The average molecular weight is 469 g/mol. The van der Waals surface area contributed by atoms with Gasteiger partial charge in [-0.15, -0.1) is 11.3 Å². The maximum atomic E-state index is 13.1. The normalized spacial score (nSPS) is 18.9. The molecule has 3 aromatic rings. The monoisotopic (exact) mass is 468 g/mol. The lowest BCUT2D eigenvalue weighted by Crippen LogP contribution is -2.25. The van der Waals surface area contributed by atoms with E-state index in [1.807, 2.05) is 103 Å². The number of hydrogen-bond donors (Lipinski definition) is 0. The van der Waals surface area contributed by atoms with Crippen molar-refractivity contribution < 1.29 is 14.3 Å². The summed E-state index contributed by atoms with van der Waals surface area (Å²) in [5, 5.41) is 0. The van der Waals surface area contributed by atoms with Gasteiger partial charge in [-0.05, 0) is 42.0 Å². The number of esters is 1. The number of nitrogens with zero attached hydrogens (tertiary/aromatic N) is 2. The van der Waals surface area contributed by atoms with Crippen LogP contribution in [-0.4, -0.2) is 22.8 Å². The number of hydrogen-bond acceptors (Lipinski definition) is 6. The van der Waals surface area contributed by atoms with Gasteiger partial charge in [-0.1, -0.05) is 60.7 Å². The third-order valence-corrected chi connectivity index (χ3v) is 6.59. The van der Waals surface area contributed by atoms with Crippen LogP contribution in [0.15, 0.2) is 114 Å². The zero-order valence-corrected chi connectivity index (χ0v) is 19.3. The van der Waals surface area contributed by atoms with Crippen LogP contribution < -0.4 is 0 Å². The summed E-state index contributed by atoms with van der Waals surface area (Å²) in [5.41, 5.74) is 1.78. The lowest BCUT2D eigenvalue weighted by molar-refractivity contribution is -0.148. The lowest BCUT2D eigenvalue weighted by atomic mass is 10.1. The van der Waals surface area contributed by atoms with Gasteiger partial charge in [-0.2, -0.15) is 0 Å². The van der Waals surface area contributed by atoms with Crippen LogP contribution in [-0.2, 0) is 27.4 Å². The molecule has 2 aliphatic heterocycles. The molecule has 3 heterocycles. The molecule has 0 saturated carbocycles. The molecule has 0 fully saturated rings. The minimum atomic E-state index is -0.757.